The number of hydrogen-bond acceptors (Lipinski definition) is 2. The van der Waals surface area contributed by atoms with Crippen LogP contribution in [-0.4, -0.2) is 14.5 Å². The molecule has 0 unspecified atom stereocenters. The van der Waals surface area contributed by atoms with E-state index in [1.165, 1.54) is 43.0 Å². The summed E-state index contributed by atoms with van der Waals surface area (Å²) in [4.78, 5) is 9.31. The van der Waals surface area contributed by atoms with Crippen molar-refractivity contribution in [3.8, 4) is 0 Å². The Morgan fingerprint density at radius 1 is 1.14 bits per heavy atom. The number of pyridine rings is 1. The van der Waals surface area contributed by atoms with Crippen molar-refractivity contribution in [2.75, 3.05) is 0 Å². The lowest BCUT2D eigenvalue weighted by molar-refractivity contribution is 0.355. The van der Waals surface area contributed by atoms with Gasteiger partial charge in [-0.2, -0.15) is 0 Å². The van der Waals surface area contributed by atoms with Crippen molar-refractivity contribution in [3.05, 3.63) is 34.7 Å². The molecule has 0 atom stereocenters. The van der Waals surface area contributed by atoms with Crippen molar-refractivity contribution in [3.63, 3.8) is 0 Å². The Bertz CT molecular complexity index is 816. The van der Waals surface area contributed by atoms with Crippen LogP contribution in [0.4, 0.5) is 0 Å². The molecular weight excluding hydrogens is 326 g/mol. The van der Waals surface area contributed by atoms with E-state index in [9.17, 15) is 0 Å². The van der Waals surface area contributed by atoms with Gasteiger partial charge in [0.15, 0.2) is 0 Å². The largest absolute Gasteiger partial charge is 0.324 e. The number of fused-ring (bicyclic) bond motifs is 3. The zero-order valence-corrected chi connectivity index (χ0v) is 13.7. The van der Waals surface area contributed by atoms with E-state index < -0.39 is 0 Å². The minimum Gasteiger partial charge on any atom is -0.324 e. The summed E-state index contributed by atoms with van der Waals surface area (Å²) in [5.74, 6) is 1.12. The van der Waals surface area contributed by atoms with Crippen molar-refractivity contribution in [1.29, 1.82) is 0 Å². The number of benzene rings is 1. The van der Waals surface area contributed by atoms with E-state index in [-0.39, 0.29) is 0 Å². The molecule has 0 aliphatic heterocycles. The van der Waals surface area contributed by atoms with Crippen LogP contribution < -0.4 is 0 Å². The standard InChI is InChI=1S/C17H18BrN3/c1-11-20-16-10-19-15-8-7-12(18)9-14(15)17(16)21(11)13-5-3-2-4-6-13/h7-10,13H,2-6H2,1H3. The van der Waals surface area contributed by atoms with Crippen molar-refractivity contribution >= 4 is 37.9 Å². The maximum absolute atomic E-state index is 4.75. The molecule has 2 aromatic heterocycles. The Hall–Kier alpha value is -1.42. The topological polar surface area (TPSA) is 30.7 Å². The first-order chi connectivity index (χ1) is 10.2. The van der Waals surface area contributed by atoms with E-state index in [1.54, 1.807) is 0 Å². The summed E-state index contributed by atoms with van der Waals surface area (Å²) in [6.45, 7) is 2.12. The molecule has 3 aromatic rings. The highest BCUT2D eigenvalue weighted by molar-refractivity contribution is 9.10. The van der Waals surface area contributed by atoms with Crippen LogP contribution in [0.25, 0.3) is 21.9 Å². The van der Waals surface area contributed by atoms with E-state index >= 15 is 0 Å². The second kappa shape index (κ2) is 5.09. The van der Waals surface area contributed by atoms with E-state index in [1.807, 2.05) is 6.20 Å². The van der Waals surface area contributed by atoms with Gasteiger partial charge in [-0.15, -0.1) is 0 Å². The third-order valence-electron chi connectivity index (χ3n) is 4.59. The van der Waals surface area contributed by atoms with Gasteiger partial charge >= 0.3 is 0 Å². The molecule has 0 radical (unpaired) electrons. The predicted octanol–water partition coefficient (Wildman–Crippen LogP) is 5.16. The van der Waals surface area contributed by atoms with E-state index in [0.717, 1.165) is 21.3 Å². The Labute approximate surface area is 132 Å². The summed E-state index contributed by atoms with van der Waals surface area (Å²) in [7, 11) is 0. The Morgan fingerprint density at radius 3 is 2.76 bits per heavy atom. The minimum atomic E-state index is 0.591. The Balaban J connectivity index is 2.04. The second-order valence-electron chi connectivity index (χ2n) is 5.97. The lowest BCUT2D eigenvalue weighted by Gasteiger charge is -2.25. The van der Waals surface area contributed by atoms with Crippen LogP contribution in [0.3, 0.4) is 0 Å². The molecule has 108 valence electrons. The number of hydrogen-bond donors (Lipinski definition) is 0. The van der Waals surface area contributed by atoms with Crippen molar-refractivity contribution in [2.24, 2.45) is 0 Å². The molecule has 3 nitrogen and oxygen atoms in total. The van der Waals surface area contributed by atoms with Gasteiger partial charge in [0.05, 0.1) is 17.2 Å². The number of halogens is 1. The van der Waals surface area contributed by atoms with Crippen molar-refractivity contribution in [2.45, 2.75) is 45.1 Å². The highest BCUT2D eigenvalue weighted by Crippen LogP contribution is 2.35. The van der Waals surface area contributed by atoms with Gasteiger partial charge < -0.3 is 4.57 Å². The average molecular weight is 344 g/mol. The second-order valence-corrected chi connectivity index (χ2v) is 6.89. The summed E-state index contributed by atoms with van der Waals surface area (Å²) >= 11 is 3.59. The molecule has 1 aliphatic rings. The smallest absolute Gasteiger partial charge is 0.108 e. The van der Waals surface area contributed by atoms with E-state index in [0.29, 0.717) is 6.04 Å². The summed E-state index contributed by atoms with van der Waals surface area (Å²) in [6, 6.07) is 6.89. The quantitative estimate of drug-likeness (QED) is 0.610. The third kappa shape index (κ3) is 2.16. The van der Waals surface area contributed by atoms with Gasteiger partial charge in [0.25, 0.3) is 0 Å². The maximum atomic E-state index is 4.75. The molecule has 4 rings (SSSR count). The normalized spacial score (nSPS) is 16.9. The van der Waals surface area contributed by atoms with E-state index in [2.05, 4.69) is 50.6 Å². The van der Waals surface area contributed by atoms with E-state index in [4.69, 9.17) is 4.98 Å². The molecule has 2 heterocycles. The van der Waals surface area contributed by atoms with Gasteiger partial charge in [0, 0.05) is 15.9 Å². The molecule has 1 saturated carbocycles. The molecule has 0 saturated heterocycles. The minimum absolute atomic E-state index is 0.591. The number of rotatable bonds is 1. The van der Waals surface area contributed by atoms with Crippen LogP contribution >= 0.6 is 15.9 Å². The molecule has 0 spiro atoms. The first kappa shape index (κ1) is 13.3. The monoisotopic (exact) mass is 343 g/mol. The van der Waals surface area contributed by atoms with Crippen molar-refractivity contribution < 1.29 is 0 Å². The molecule has 0 N–H and O–H groups in total. The fourth-order valence-corrected chi connectivity index (χ4v) is 4.01. The Morgan fingerprint density at radius 2 is 1.95 bits per heavy atom. The fourth-order valence-electron chi connectivity index (χ4n) is 3.65. The van der Waals surface area contributed by atoms with Gasteiger partial charge in [0.2, 0.25) is 0 Å². The number of nitrogens with zero attached hydrogens (tertiary/aromatic N) is 3. The summed E-state index contributed by atoms with van der Waals surface area (Å²) in [5.41, 5.74) is 3.32. The summed E-state index contributed by atoms with van der Waals surface area (Å²) in [5, 5.41) is 1.20. The highest BCUT2D eigenvalue weighted by Gasteiger charge is 2.21. The lowest BCUT2D eigenvalue weighted by atomic mass is 9.95. The Kier molecular flexibility index (Phi) is 3.21. The highest BCUT2D eigenvalue weighted by atomic mass is 79.9. The lowest BCUT2D eigenvalue weighted by Crippen LogP contribution is -2.14. The van der Waals surface area contributed by atoms with Gasteiger partial charge in [-0.1, -0.05) is 35.2 Å². The molecule has 1 aliphatic carbocycles. The third-order valence-corrected chi connectivity index (χ3v) is 5.09. The van der Waals surface area contributed by atoms with Crippen LogP contribution in [0, 0.1) is 6.92 Å². The first-order valence-electron chi connectivity index (χ1n) is 7.67. The molecule has 0 bridgehead atoms. The molecule has 4 heteroatoms. The molecular formula is C17H18BrN3. The van der Waals surface area contributed by atoms with Crippen LogP contribution in [0.2, 0.25) is 0 Å². The number of aryl methyl sites for hydroxylation is 1. The first-order valence-corrected chi connectivity index (χ1v) is 8.46. The molecule has 1 fully saturated rings. The van der Waals surface area contributed by atoms with Crippen LogP contribution in [0.1, 0.15) is 44.0 Å². The fraction of sp³-hybridized carbons (Fsp3) is 0.412. The number of imidazole rings is 1. The maximum Gasteiger partial charge on any atom is 0.108 e. The SMILES string of the molecule is Cc1nc2cnc3ccc(Br)cc3c2n1C1CCCCC1. The predicted molar refractivity (Wildman–Crippen MR) is 89.6 cm³/mol. The number of aromatic nitrogens is 3. The zero-order chi connectivity index (χ0) is 14.4. The van der Waals surface area contributed by atoms with Gasteiger partial charge in [-0.3, -0.25) is 4.98 Å². The summed E-state index contributed by atoms with van der Waals surface area (Å²) < 4.78 is 3.56. The molecule has 1 aromatic carbocycles. The zero-order valence-electron chi connectivity index (χ0n) is 12.1. The van der Waals surface area contributed by atoms with Gasteiger partial charge in [-0.05, 0) is 38.0 Å². The van der Waals surface area contributed by atoms with Crippen molar-refractivity contribution in [1.82, 2.24) is 14.5 Å². The molecule has 0 amide bonds. The van der Waals surface area contributed by atoms with Crippen LogP contribution in [0.5, 0.6) is 0 Å². The van der Waals surface area contributed by atoms with Gasteiger partial charge in [-0.25, -0.2) is 4.98 Å². The van der Waals surface area contributed by atoms with Crippen LogP contribution in [0.15, 0.2) is 28.9 Å². The molecule has 21 heavy (non-hydrogen) atoms. The van der Waals surface area contributed by atoms with Crippen LogP contribution in [-0.2, 0) is 0 Å². The average Bonchev–Trinajstić information content (AvgIpc) is 2.84. The van der Waals surface area contributed by atoms with Gasteiger partial charge in [0.1, 0.15) is 11.3 Å². The summed E-state index contributed by atoms with van der Waals surface area (Å²) in [6.07, 6.45) is 8.48.